The topological polar surface area (TPSA) is 80.6 Å². The largest absolute Gasteiger partial charge is 0.549 e. The Kier molecular flexibility index (Phi) is 6.43. The number of aliphatic carboxylic acids is 1. The number of carbonyl (C=O) groups is 1. The predicted octanol–water partition coefficient (Wildman–Crippen LogP) is 1.25. The molecule has 2 rings (SSSR count). The number of aromatic nitrogens is 1. The third-order valence-corrected chi connectivity index (χ3v) is 4.94. The maximum absolute atomic E-state index is 12.1. The summed E-state index contributed by atoms with van der Waals surface area (Å²) in [6.07, 6.45) is 0. The minimum absolute atomic E-state index is 0.0921. The number of carboxylic acid groups (broad SMARTS) is 1. The first-order valence-electron chi connectivity index (χ1n) is 6.77. The molecule has 0 aliphatic carbocycles. The Morgan fingerprint density at radius 1 is 1.48 bits per heavy atom. The van der Waals surface area contributed by atoms with E-state index in [1.807, 2.05) is 25.1 Å². The van der Waals surface area contributed by atoms with Gasteiger partial charge in [0.05, 0.1) is 29.3 Å². The lowest BCUT2D eigenvalue weighted by molar-refractivity contribution is -0.301. The van der Waals surface area contributed by atoms with Gasteiger partial charge >= 0.3 is 4.87 Å². The molecule has 1 heterocycles. The number of thioether (sulfide) groups is 1. The Morgan fingerprint density at radius 3 is 2.96 bits per heavy atom. The number of nitrogens with zero attached hydrogens (tertiary/aromatic N) is 1. The maximum Gasteiger partial charge on any atom is 0.308 e. The fourth-order valence-corrected chi connectivity index (χ4v) is 3.50. The number of rotatable bonds is 7. The lowest BCUT2D eigenvalue weighted by Crippen LogP contribution is -2.25. The standard InChI is InChI=1S/C14H15NO5S3/c1-2-19-9-3-4-10-11(7-9)23-13(18)15(10)5-6-20-14(21)22-8-12(16)17/h3-4,7H,2,5-6,8H2,1H3,(H,16,17)/p-1. The summed E-state index contributed by atoms with van der Waals surface area (Å²) in [4.78, 5) is 22.3. The van der Waals surface area contributed by atoms with E-state index >= 15 is 0 Å². The van der Waals surface area contributed by atoms with Crippen LogP contribution in [0.1, 0.15) is 6.92 Å². The highest BCUT2D eigenvalue weighted by molar-refractivity contribution is 8.22. The quantitative estimate of drug-likeness (QED) is 0.677. The molecule has 0 saturated carbocycles. The number of benzene rings is 1. The molecule has 0 aliphatic rings. The van der Waals surface area contributed by atoms with Crippen LogP contribution >= 0.6 is 35.3 Å². The van der Waals surface area contributed by atoms with Crippen LogP contribution in [0.15, 0.2) is 23.0 Å². The van der Waals surface area contributed by atoms with Crippen molar-refractivity contribution in [1.29, 1.82) is 0 Å². The highest BCUT2D eigenvalue weighted by Crippen LogP contribution is 2.23. The van der Waals surface area contributed by atoms with E-state index in [-0.39, 0.29) is 21.6 Å². The molecule has 0 atom stereocenters. The first kappa shape index (κ1) is 17.8. The van der Waals surface area contributed by atoms with Crippen molar-refractivity contribution >= 4 is 55.9 Å². The zero-order valence-electron chi connectivity index (χ0n) is 12.3. The minimum atomic E-state index is -1.20. The summed E-state index contributed by atoms with van der Waals surface area (Å²) in [5, 5.41) is 10.3. The summed E-state index contributed by atoms with van der Waals surface area (Å²) in [5.41, 5.74) is 0.806. The van der Waals surface area contributed by atoms with Crippen molar-refractivity contribution in [2.24, 2.45) is 0 Å². The number of ether oxygens (including phenoxy) is 2. The van der Waals surface area contributed by atoms with E-state index < -0.39 is 5.97 Å². The van der Waals surface area contributed by atoms with Gasteiger partial charge in [-0.1, -0.05) is 23.1 Å². The van der Waals surface area contributed by atoms with E-state index in [0.29, 0.717) is 13.2 Å². The first-order valence-corrected chi connectivity index (χ1v) is 8.98. The van der Waals surface area contributed by atoms with Gasteiger partial charge < -0.3 is 19.4 Å². The second-order valence-electron chi connectivity index (χ2n) is 4.34. The average molecular weight is 372 g/mol. The molecule has 0 amide bonds. The second-order valence-corrected chi connectivity index (χ2v) is 6.91. The SMILES string of the molecule is CCOc1ccc2c(c1)sc(=O)n2CCOC(=S)SCC(=O)[O-]. The first-order chi connectivity index (χ1) is 11.0. The molecule has 0 saturated heterocycles. The molecule has 0 bridgehead atoms. The van der Waals surface area contributed by atoms with Crippen LogP contribution in [-0.2, 0) is 16.1 Å². The molecule has 124 valence electrons. The third-order valence-electron chi connectivity index (χ3n) is 2.79. The molecule has 2 aromatic rings. The van der Waals surface area contributed by atoms with Gasteiger partial charge in [0.2, 0.25) is 4.38 Å². The number of thiocarbonyl (C=S) groups is 1. The monoisotopic (exact) mass is 372 g/mol. The Labute approximate surface area is 146 Å². The molecule has 1 aromatic heterocycles. The van der Waals surface area contributed by atoms with Crippen molar-refractivity contribution < 1.29 is 19.4 Å². The number of hydrogen-bond donors (Lipinski definition) is 0. The van der Waals surface area contributed by atoms with Gasteiger partial charge in [0.15, 0.2) is 0 Å². The van der Waals surface area contributed by atoms with Gasteiger partial charge in [-0.25, -0.2) is 0 Å². The van der Waals surface area contributed by atoms with E-state index in [1.165, 1.54) is 0 Å². The number of carbonyl (C=O) groups excluding carboxylic acids is 1. The predicted molar refractivity (Wildman–Crippen MR) is 93.3 cm³/mol. The van der Waals surface area contributed by atoms with Crippen LogP contribution in [0.3, 0.4) is 0 Å². The minimum Gasteiger partial charge on any atom is -0.549 e. The second kappa shape index (κ2) is 8.32. The summed E-state index contributed by atoms with van der Waals surface area (Å²) < 4.78 is 13.2. The average Bonchev–Trinajstić information content (AvgIpc) is 2.81. The van der Waals surface area contributed by atoms with Crippen molar-refractivity contribution in [2.75, 3.05) is 19.0 Å². The van der Waals surface area contributed by atoms with Crippen LogP contribution < -0.4 is 14.7 Å². The highest BCUT2D eigenvalue weighted by atomic mass is 32.2. The molecule has 6 nitrogen and oxygen atoms in total. The normalized spacial score (nSPS) is 10.7. The van der Waals surface area contributed by atoms with E-state index in [1.54, 1.807) is 4.57 Å². The molecule has 0 unspecified atom stereocenters. The van der Waals surface area contributed by atoms with Crippen LogP contribution in [0.2, 0.25) is 0 Å². The maximum atomic E-state index is 12.1. The van der Waals surface area contributed by atoms with Gasteiger partial charge in [-0.15, -0.1) is 0 Å². The van der Waals surface area contributed by atoms with Gasteiger partial charge in [0, 0.05) is 5.75 Å². The molecule has 0 fully saturated rings. The molecule has 0 radical (unpaired) electrons. The Hall–Kier alpha value is -1.58. The molecule has 23 heavy (non-hydrogen) atoms. The molecule has 9 heteroatoms. The van der Waals surface area contributed by atoms with Crippen molar-refractivity contribution in [3.05, 3.63) is 27.9 Å². The molecule has 0 aliphatic heterocycles. The van der Waals surface area contributed by atoms with E-state index in [2.05, 4.69) is 0 Å². The summed E-state index contributed by atoms with van der Waals surface area (Å²) in [6, 6.07) is 5.49. The third kappa shape index (κ3) is 4.95. The van der Waals surface area contributed by atoms with Gasteiger partial charge in [-0.3, -0.25) is 9.36 Å². The summed E-state index contributed by atoms with van der Waals surface area (Å²) in [6.45, 7) is 2.99. The van der Waals surface area contributed by atoms with Crippen molar-refractivity contribution in [2.45, 2.75) is 13.5 Å². The number of carboxylic acids is 1. The highest BCUT2D eigenvalue weighted by Gasteiger charge is 2.09. The molecular weight excluding hydrogens is 358 g/mol. The fourth-order valence-electron chi connectivity index (χ4n) is 1.89. The fraction of sp³-hybridized carbons (Fsp3) is 0.357. The summed E-state index contributed by atoms with van der Waals surface area (Å²) in [5.74, 6) is -0.726. The smallest absolute Gasteiger partial charge is 0.308 e. The molecule has 0 spiro atoms. The lowest BCUT2D eigenvalue weighted by atomic mass is 10.3. The lowest BCUT2D eigenvalue weighted by Gasteiger charge is -2.08. The molecule has 1 aromatic carbocycles. The van der Waals surface area contributed by atoms with Gasteiger partial charge in [-0.2, -0.15) is 0 Å². The van der Waals surface area contributed by atoms with Crippen molar-refractivity contribution in [1.82, 2.24) is 4.57 Å². The Morgan fingerprint density at radius 2 is 2.26 bits per heavy atom. The number of fused-ring (bicyclic) bond motifs is 1. The van der Waals surface area contributed by atoms with Gasteiger partial charge in [0.25, 0.3) is 0 Å². The Bertz CT molecular complexity index is 767. The van der Waals surface area contributed by atoms with Gasteiger partial charge in [-0.05, 0) is 37.3 Å². The van der Waals surface area contributed by atoms with E-state index in [0.717, 1.165) is 39.1 Å². The van der Waals surface area contributed by atoms with Crippen molar-refractivity contribution in [3.8, 4) is 5.75 Å². The summed E-state index contributed by atoms with van der Waals surface area (Å²) >= 11 is 6.91. The van der Waals surface area contributed by atoms with Crippen LogP contribution in [0.4, 0.5) is 0 Å². The van der Waals surface area contributed by atoms with E-state index in [4.69, 9.17) is 21.7 Å². The molecule has 0 N–H and O–H groups in total. The summed E-state index contributed by atoms with van der Waals surface area (Å²) in [7, 11) is 0. The number of hydrogen-bond acceptors (Lipinski definition) is 8. The zero-order valence-corrected chi connectivity index (χ0v) is 14.7. The zero-order chi connectivity index (χ0) is 16.8. The van der Waals surface area contributed by atoms with Gasteiger partial charge in [0.1, 0.15) is 12.4 Å². The number of thiazole rings is 1. The van der Waals surface area contributed by atoms with Crippen LogP contribution in [-0.4, -0.2) is 33.9 Å². The van der Waals surface area contributed by atoms with Crippen LogP contribution in [0, 0.1) is 0 Å². The van der Waals surface area contributed by atoms with Crippen molar-refractivity contribution in [3.63, 3.8) is 0 Å². The Balaban J connectivity index is 2.00. The molecular formula is C14H14NO5S3-. The van der Waals surface area contributed by atoms with Crippen LogP contribution in [0.25, 0.3) is 10.2 Å². The van der Waals surface area contributed by atoms with Crippen LogP contribution in [0.5, 0.6) is 5.75 Å². The van der Waals surface area contributed by atoms with E-state index in [9.17, 15) is 14.7 Å².